The van der Waals surface area contributed by atoms with Crippen LogP contribution in [0.1, 0.15) is 12.5 Å². The van der Waals surface area contributed by atoms with Gasteiger partial charge in [0, 0.05) is 5.41 Å². The summed E-state index contributed by atoms with van der Waals surface area (Å²) in [4.78, 5) is 0. The van der Waals surface area contributed by atoms with Gasteiger partial charge < -0.3 is 0 Å². The lowest BCUT2D eigenvalue weighted by Crippen LogP contribution is -1.99. The first-order chi connectivity index (χ1) is 6.14. The van der Waals surface area contributed by atoms with Crippen LogP contribution in [0.5, 0.6) is 0 Å². The zero-order valence-electron chi connectivity index (χ0n) is 7.47. The van der Waals surface area contributed by atoms with Gasteiger partial charge in [0.25, 0.3) is 0 Å². The second kappa shape index (κ2) is 4.23. The first kappa shape index (κ1) is 9.99. The number of allylic oxidation sites excluding steroid dienone is 1. The van der Waals surface area contributed by atoms with Crippen molar-refractivity contribution >= 4 is 9.84 Å². The summed E-state index contributed by atoms with van der Waals surface area (Å²) in [6, 6.07) is 9.15. The molecule has 13 heavy (non-hydrogen) atoms. The molecular formula is C10H12O2S. The number of benzene rings is 1. The average Bonchev–Trinajstić information content (AvgIpc) is 2.04. The minimum Gasteiger partial charge on any atom is -0.224 e. The first-order valence-corrected chi connectivity index (χ1v) is 5.75. The lowest BCUT2D eigenvalue weighted by Gasteiger charge is -1.98. The normalized spacial score (nSPS) is 12.1. The third-order valence-electron chi connectivity index (χ3n) is 1.55. The Morgan fingerprint density at radius 1 is 1.23 bits per heavy atom. The van der Waals surface area contributed by atoms with Crippen LogP contribution in [0.3, 0.4) is 0 Å². The molecule has 70 valence electrons. The molecule has 0 heterocycles. The molecule has 0 aliphatic rings. The Morgan fingerprint density at radius 3 is 2.38 bits per heavy atom. The van der Waals surface area contributed by atoms with Gasteiger partial charge in [-0.1, -0.05) is 36.4 Å². The van der Waals surface area contributed by atoms with E-state index in [1.54, 1.807) is 19.1 Å². The average molecular weight is 196 g/mol. The van der Waals surface area contributed by atoms with Gasteiger partial charge in [0.1, 0.15) is 0 Å². The Hall–Kier alpha value is -1.09. The van der Waals surface area contributed by atoms with Crippen molar-refractivity contribution in [3.8, 4) is 0 Å². The van der Waals surface area contributed by atoms with Crippen LogP contribution in [0.4, 0.5) is 0 Å². The SMILES string of the molecule is CC=CS(=O)(=O)Cc1ccccc1. The van der Waals surface area contributed by atoms with E-state index in [0.29, 0.717) is 0 Å². The fourth-order valence-electron chi connectivity index (χ4n) is 1.06. The smallest absolute Gasteiger partial charge is 0.175 e. The van der Waals surface area contributed by atoms with Gasteiger partial charge in [0.15, 0.2) is 9.84 Å². The van der Waals surface area contributed by atoms with E-state index in [1.807, 2.05) is 18.2 Å². The molecule has 3 heteroatoms. The molecule has 0 saturated heterocycles. The zero-order valence-corrected chi connectivity index (χ0v) is 8.29. The van der Waals surface area contributed by atoms with Gasteiger partial charge >= 0.3 is 0 Å². The van der Waals surface area contributed by atoms with E-state index in [-0.39, 0.29) is 5.75 Å². The molecular weight excluding hydrogens is 184 g/mol. The summed E-state index contributed by atoms with van der Waals surface area (Å²) >= 11 is 0. The fraction of sp³-hybridized carbons (Fsp3) is 0.200. The van der Waals surface area contributed by atoms with Crippen molar-refractivity contribution in [1.29, 1.82) is 0 Å². The standard InChI is InChI=1S/C10H12O2S/c1-2-8-13(11,12)9-10-6-4-3-5-7-10/h2-8H,9H2,1H3. The highest BCUT2D eigenvalue weighted by atomic mass is 32.2. The molecule has 0 radical (unpaired) electrons. The molecule has 0 bridgehead atoms. The zero-order chi connectivity index (χ0) is 9.73. The minimum atomic E-state index is -3.07. The second-order valence-corrected chi connectivity index (χ2v) is 4.65. The Kier molecular flexibility index (Phi) is 3.25. The summed E-state index contributed by atoms with van der Waals surface area (Å²) in [6.45, 7) is 1.70. The van der Waals surface area contributed by atoms with Crippen LogP contribution < -0.4 is 0 Å². The molecule has 1 rings (SSSR count). The minimum absolute atomic E-state index is 0.0815. The summed E-state index contributed by atoms with van der Waals surface area (Å²) < 4.78 is 22.6. The van der Waals surface area contributed by atoms with Crippen LogP contribution in [-0.2, 0) is 15.6 Å². The Balaban J connectivity index is 2.82. The molecule has 2 nitrogen and oxygen atoms in total. The molecule has 0 fully saturated rings. The van der Waals surface area contributed by atoms with Gasteiger partial charge in [0.2, 0.25) is 0 Å². The molecule has 0 saturated carbocycles. The van der Waals surface area contributed by atoms with Crippen LogP contribution in [0.25, 0.3) is 0 Å². The Morgan fingerprint density at radius 2 is 1.85 bits per heavy atom. The summed E-state index contributed by atoms with van der Waals surface area (Å²) in [5.41, 5.74) is 0.820. The predicted molar refractivity (Wildman–Crippen MR) is 53.9 cm³/mol. The highest BCUT2D eigenvalue weighted by molar-refractivity contribution is 7.93. The molecule has 0 unspecified atom stereocenters. The van der Waals surface area contributed by atoms with Crippen LogP contribution in [-0.4, -0.2) is 8.42 Å². The first-order valence-electron chi connectivity index (χ1n) is 4.03. The van der Waals surface area contributed by atoms with E-state index < -0.39 is 9.84 Å². The maximum atomic E-state index is 11.3. The topological polar surface area (TPSA) is 34.1 Å². The van der Waals surface area contributed by atoms with E-state index in [1.165, 1.54) is 11.5 Å². The number of hydrogen-bond acceptors (Lipinski definition) is 2. The number of sulfone groups is 1. The number of rotatable bonds is 3. The van der Waals surface area contributed by atoms with Crippen molar-refractivity contribution in [2.45, 2.75) is 12.7 Å². The maximum Gasteiger partial charge on any atom is 0.175 e. The Bertz CT molecular complexity index is 377. The van der Waals surface area contributed by atoms with Crippen molar-refractivity contribution in [1.82, 2.24) is 0 Å². The van der Waals surface area contributed by atoms with E-state index in [0.717, 1.165) is 5.56 Å². The van der Waals surface area contributed by atoms with Crippen molar-refractivity contribution < 1.29 is 8.42 Å². The highest BCUT2D eigenvalue weighted by Crippen LogP contribution is 2.06. The van der Waals surface area contributed by atoms with E-state index >= 15 is 0 Å². The van der Waals surface area contributed by atoms with Gasteiger partial charge in [0.05, 0.1) is 5.75 Å². The highest BCUT2D eigenvalue weighted by Gasteiger charge is 2.05. The quantitative estimate of drug-likeness (QED) is 0.742. The Labute approximate surface area is 78.8 Å². The third kappa shape index (κ3) is 3.42. The molecule has 0 aliphatic heterocycles. The summed E-state index contributed by atoms with van der Waals surface area (Å²) in [5.74, 6) is 0.0815. The van der Waals surface area contributed by atoms with Crippen molar-refractivity contribution in [2.75, 3.05) is 0 Å². The fourth-order valence-corrected chi connectivity index (χ4v) is 2.23. The second-order valence-electron chi connectivity index (χ2n) is 2.76. The molecule has 0 N–H and O–H groups in total. The van der Waals surface area contributed by atoms with Gasteiger partial charge in [-0.05, 0) is 12.5 Å². The predicted octanol–water partition coefficient (Wildman–Crippen LogP) is 2.13. The van der Waals surface area contributed by atoms with Crippen molar-refractivity contribution in [3.63, 3.8) is 0 Å². The molecule has 0 amide bonds. The summed E-state index contributed by atoms with van der Waals surface area (Å²) in [7, 11) is -3.07. The van der Waals surface area contributed by atoms with Crippen LogP contribution in [0.2, 0.25) is 0 Å². The van der Waals surface area contributed by atoms with Crippen molar-refractivity contribution in [2.24, 2.45) is 0 Å². The van der Waals surface area contributed by atoms with E-state index in [9.17, 15) is 8.42 Å². The largest absolute Gasteiger partial charge is 0.224 e. The third-order valence-corrected chi connectivity index (χ3v) is 2.98. The van der Waals surface area contributed by atoms with Gasteiger partial charge in [-0.25, -0.2) is 8.42 Å². The molecule has 0 spiro atoms. The lowest BCUT2D eigenvalue weighted by molar-refractivity contribution is 0.604. The summed E-state index contributed by atoms with van der Waals surface area (Å²) in [5, 5.41) is 1.24. The molecule has 0 aliphatic carbocycles. The van der Waals surface area contributed by atoms with E-state index in [4.69, 9.17) is 0 Å². The lowest BCUT2D eigenvalue weighted by atomic mass is 10.2. The molecule has 1 aromatic rings. The monoisotopic (exact) mass is 196 g/mol. The molecule has 1 aromatic carbocycles. The van der Waals surface area contributed by atoms with Crippen LogP contribution in [0, 0.1) is 0 Å². The molecule has 0 aromatic heterocycles. The van der Waals surface area contributed by atoms with E-state index in [2.05, 4.69) is 0 Å². The van der Waals surface area contributed by atoms with Gasteiger partial charge in [-0.3, -0.25) is 0 Å². The number of hydrogen-bond donors (Lipinski definition) is 0. The maximum absolute atomic E-state index is 11.3. The van der Waals surface area contributed by atoms with Gasteiger partial charge in [-0.15, -0.1) is 0 Å². The van der Waals surface area contributed by atoms with Crippen LogP contribution in [0.15, 0.2) is 41.8 Å². The van der Waals surface area contributed by atoms with Gasteiger partial charge in [-0.2, -0.15) is 0 Å². The summed E-state index contributed by atoms with van der Waals surface area (Å²) in [6.07, 6.45) is 1.54. The van der Waals surface area contributed by atoms with Crippen molar-refractivity contribution in [3.05, 3.63) is 47.4 Å². The van der Waals surface area contributed by atoms with Crippen LogP contribution >= 0.6 is 0 Å². The molecule has 0 atom stereocenters.